The van der Waals surface area contributed by atoms with Gasteiger partial charge in [-0.3, -0.25) is 9.63 Å². The van der Waals surface area contributed by atoms with Crippen LogP contribution in [-0.2, 0) is 9.63 Å². The van der Waals surface area contributed by atoms with Crippen LogP contribution in [0.25, 0.3) is 10.8 Å². The smallest absolute Gasteiger partial charge is 0.266 e. The highest BCUT2D eigenvalue weighted by Crippen LogP contribution is 2.47. The van der Waals surface area contributed by atoms with E-state index in [1.165, 1.54) is 14.2 Å². The number of methoxy groups -OCH3 is 1. The van der Waals surface area contributed by atoms with E-state index in [9.17, 15) is 10.1 Å². The van der Waals surface area contributed by atoms with E-state index < -0.39 is 17.2 Å². The summed E-state index contributed by atoms with van der Waals surface area (Å²) in [5, 5.41) is 13.4. The molecule has 5 heteroatoms. The van der Waals surface area contributed by atoms with Crippen LogP contribution in [0.15, 0.2) is 66.7 Å². The van der Waals surface area contributed by atoms with Crippen LogP contribution in [0.4, 0.5) is 0 Å². The zero-order valence-electron chi connectivity index (χ0n) is 17.0. The van der Waals surface area contributed by atoms with Gasteiger partial charge in [0.15, 0.2) is 0 Å². The minimum atomic E-state index is -1.43. The molecule has 29 heavy (non-hydrogen) atoms. The first kappa shape index (κ1) is 20.4. The summed E-state index contributed by atoms with van der Waals surface area (Å²) in [4.78, 5) is 18.4. The average molecular weight is 388 g/mol. The van der Waals surface area contributed by atoms with Gasteiger partial charge in [-0.2, -0.15) is 5.26 Å². The van der Waals surface area contributed by atoms with Crippen LogP contribution >= 0.6 is 0 Å². The lowest BCUT2D eigenvalue weighted by atomic mass is 9.69. The van der Waals surface area contributed by atoms with Crippen LogP contribution in [0.2, 0.25) is 0 Å². The molecule has 1 amide bonds. The molecule has 3 rings (SSSR count). The SMILES string of the molecule is COc1ccccc1C(c1cccc2ccccc12)[C@@](C)(C#N)C(=O)N(C)OC. The van der Waals surface area contributed by atoms with Gasteiger partial charge in [0.25, 0.3) is 5.91 Å². The summed E-state index contributed by atoms with van der Waals surface area (Å²) in [6, 6.07) is 23.7. The first-order chi connectivity index (χ1) is 14.0. The van der Waals surface area contributed by atoms with E-state index in [0.717, 1.165) is 27.0 Å². The molecular weight excluding hydrogens is 364 g/mol. The number of hydrogen-bond donors (Lipinski definition) is 0. The Labute approximate surface area is 171 Å². The molecule has 0 spiro atoms. The van der Waals surface area contributed by atoms with Crippen LogP contribution < -0.4 is 4.74 Å². The van der Waals surface area contributed by atoms with Crippen molar-refractivity contribution in [2.45, 2.75) is 12.8 Å². The van der Waals surface area contributed by atoms with E-state index in [0.29, 0.717) is 5.75 Å². The third-order valence-electron chi connectivity index (χ3n) is 5.40. The second kappa shape index (κ2) is 8.34. The van der Waals surface area contributed by atoms with Crippen molar-refractivity contribution in [1.82, 2.24) is 5.06 Å². The maximum atomic E-state index is 13.3. The summed E-state index contributed by atoms with van der Waals surface area (Å²) >= 11 is 0. The molecule has 3 aromatic carbocycles. The number of benzene rings is 3. The lowest BCUT2D eigenvalue weighted by Gasteiger charge is -2.34. The first-order valence-electron chi connectivity index (χ1n) is 9.32. The number of carbonyl (C=O) groups is 1. The van der Waals surface area contributed by atoms with Crippen LogP contribution in [-0.4, -0.2) is 32.2 Å². The zero-order valence-corrected chi connectivity index (χ0v) is 17.0. The second-order valence-corrected chi connectivity index (χ2v) is 7.04. The van der Waals surface area contributed by atoms with Crippen molar-refractivity contribution in [3.8, 4) is 11.8 Å². The lowest BCUT2D eigenvalue weighted by molar-refractivity contribution is -0.177. The molecule has 0 heterocycles. The Bertz CT molecular complexity index is 1070. The molecule has 0 aliphatic heterocycles. The van der Waals surface area contributed by atoms with Crippen molar-refractivity contribution in [3.05, 3.63) is 77.9 Å². The lowest BCUT2D eigenvalue weighted by Crippen LogP contribution is -2.43. The number of rotatable bonds is 6. The van der Waals surface area contributed by atoms with E-state index >= 15 is 0 Å². The molecule has 0 aliphatic carbocycles. The molecule has 0 saturated carbocycles. The number of fused-ring (bicyclic) bond motifs is 1. The van der Waals surface area contributed by atoms with Gasteiger partial charge in [0, 0.05) is 18.5 Å². The number of ether oxygens (including phenoxy) is 1. The van der Waals surface area contributed by atoms with Crippen molar-refractivity contribution in [1.29, 1.82) is 5.26 Å². The highest BCUT2D eigenvalue weighted by Gasteiger charge is 2.47. The molecule has 0 aromatic heterocycles. The van der Waals surface area contributed by atoms with Gasteiger partial charge in [0.2, 0.25) is 0 Å². The van der Waals surface area contributed by atoms with Gasteiger partial charge >= 0.3 is 0 Å². The van der Waals surface area contributed by atoms with E-state index in [1.54, 1.807) is 14.0 Å². The minimum Gasteiger partial charge on any atom is -0.496 e. The van der Waals surface area contributed by atoms with Gasteiger partial charge in [0.05, 0.1) is 20.3 Å². The average Bonchev–Trinajstić information content (AvgIpc) is 2.78. The fourth-order valence-electron chi connectivity index (χ4n) is 3.84. The third kappa shape index (κ3) is 3.55. The van der Waals surface area contributed by atoms with Crippen molar-refractivity contribution in [3.63, 3.8) is 0 Å². The van der Waals surface area contributed by atoms with Gasteiger partial charge in [-0.1, -0.05) is 60.7 Å². The van der Waals surface area contributed by atoms with Crippen molar-refractivity contribution < 1.29 is 14.4 Å². The monoisotopic (exact) mass is 388 g/mol. The fourth-order valence-corrected chi connectivity index (χ4v) is 3.84. The van der Waals surface area contributed by atoms with Crippen LogP contribution in [0.3, 0.4) is 0 Å². The molecule has 0 saturated heterocycles. The standard InChI is InChI=1S/C24H24N2O3/c1-24(16-25,23(27)26(2)29-4)22(20-13-7-8-15-21(20)28-3)19-14-9-11-17-10-5-6-12-18(17)19/h5-15,22H,1-4H3/t22?,24-/m1/s1. The van der Waals surface area contributed by atoms with Crippen molar-refractivity contribution in [2.24, 2.45) is 5.41 Å². The van der Waals surface area contributed by atoms with E-state index in [4.69, 9.17) is 9.57 Å². The molecule has 148 valence electrons. The molecule has 5 nitrogen and oxygen atoms in total. The number of nitrogens with zero attached hydrogens (tertiary/aromatic N) is 2. The zero-order chi connectivity index (χ0) is 21.0. The molecule has 2 atom stereocenters. The number of hydroxylamine groups is 2. The van der Waals surface area contributed by atoms with Gasteiger partial charge in [-0.25, -0.2) is 5.06 Å². The van der Waals surface area contributed by atoms with E-state index in [1.807, 2.05) is 66.7 Å². The number of nitriles is 1. The molecule has 0 N–H and O–H groups in total. The molecule has 3 aromatic rings. The largest absolute Gasteiger partial charge is 0.496 e. The number of hydrogen-bond acceptors (Lipinski definition) is 4. The highest BCUT2D eigenvalue weighted by atomic mass is 16.7. The Morgan fingerprint density at radius 3 is 2.31 bits per heavy atom. The summed E-state index contributed by atoms with van der Waals surface area (Å²) in [6.45, 7) is 1.66. The van der Waals surface area contributed by atoms with Gasteiger partial charge in [-0.05, 0) is 29.3 Å². The number of para-hydroxylation sites is 1. The number of carbonyl (C=O) groups excluding carboxylic acids is 1. The Kier molecular flexibility index (Phi) is 5.86. The molecule has 0 aliphatic rings. The summed E-state index contributed by atoms with van der Waals surface area (Å²) in [5.74, 6) is -0.369. The van der Waals surface area contributed by atoms with E-state index in [-0.39, 0.29) is 0 Å². The van der Waals surface area contributed by atoms with Gasteiger partial charge in [0.1, 0.15) is 11.2 Å². The molecule has 0 radical (unpaired) electrons. The molecule has 0 bridgehead atoms. The number of amides is 1. The summed E-state index contributed by atoms with van der Waals surface area (Å²) in [5.41, 5.74) is 0.228. The first-order valence-corrected chi connectivity index (χ1v) is 9.32. The predicted octanol–water partition coefficient (Wildman–Crippen LogP) is 4.53. The van der Waals surface area contributed by atoms with Crippen LogP contribution in [0, 0.1) is 16.7 Å². The maximum Gasteiger partial charge on any atom is 0.266 e. The van der Waals surface area contributed by atoms with Gasteiger partial charge < -0.3 is 4.74 Å². The maximum absolute atomic E-state index is 13.3. The fraction of sp³-hybridized carbons (Fsp3) is 0.250. The summed E-state index contributed by atoms with van der Waals surface area (Å²) < 4.78 is 5.60. The Morgan fingerprint density at radius 2 is 1.62 bits per heavy atom. The van der Waals surface area contributed by atoms with Crippen molar-refractivity contribution in [2.75, 3.05) is 21.3 Å². The van der Waals surface area contributed by atoms with Gasteiger partial charge in [-0.15, -0.1) is 0 Å². The van der Waals surface area contributed by atoms with Crippen LogP contribution in [0.1, 0.15) is 24.0 Å². The predicted molar refractivity (Wildman–Crippen MR) is 112 cm³/mol. The van der Waals surface area contributed by atoms with Crippen molar-refractivity contribution >= 4 is 16.7 Å². The topological polar surface area (TPSA) is 62.6 Å². The Balaban J connectivity index is 2.36. The Hall–Kier alpha value is -3.36. The molecule has 1 unspecified atom stereocenters. The van der Waals surface area contributed by atoms with E-state index in [2.05, 4.69) is 6.07 Å². The molecular formula is C24H24N2O3. The third-order valence-corrected chi connectivity index (χ3v) is 5.40. The Morgan fingerprint density at radius 1 is 1.00 bits per heavy atom. The highest BCUT2D eigenvalue weighted by molar-refractivity contribution is 5.91. The second-order valence-electron chi connectivity index (χ2n) is 7.04. The normalized spacial score (nSPS) is 13.9. The quantitative estimate of drug-likeness (QED) is 0.582. The summed E-state index contributed by atoms with van der Waals surface area (Å²) in [6.07, 6.45) is 0. The summed E-state index contributed by atoms with van der Waals surface area (Å²) in [7, 11) is 4.51. The minimum absolute atomic E-state index is 0.425. The molecule has 0 fully saturated rings. The van der Waals surface area contributed by atoms with Crippen LogP contribution in [0.5, 0.6) is 5.75 Å².